The van der Waals surface area contributed by atoms with E-state index in [2.05, 4.69) is 13.2 Å². The molecule has 3 heteroatoms. The van der Waals surface area contributed by atoms with Gasteiger partial charge in [0.05, 0.1) is 0 Å². The number of allylic oxidation sites excluding steroid dienone is 2. The molecule has 1 rings (SSSR count). The van der Waals surface area contributed by atoms with Gasteiger partial charge in [-0.1, -0.05) is 24.8 Å². The number of hydrogen-bond donors (Lipinski definition) is 0. The van der Waals surface area contributed by atoms with Crippen molar-refractivity contribution in [3.8, 4) is 17.9 Å². The molecule has 0 N–H and O–H groups in total. The SMILES string of the molecule is C=CCOc1ccc(C=C(C#N)C#N)cc1CC=C. The maximum Gasteiger partial charge on any atom is 0.130 e. The van der Waals surface area contributed by atoms with E-state index < -0.39 is 0 Å². The lowest BCUT2D eigenvalue weighted by Crippen LogP contribution is -1.97. The molecule has 0 aliphatic carbocycles. The zero-order valence-electron chi connectivity index (χ0n) is 10.6. The van der Waals surface area contributed by atoms with Crippen LogP contribution in [0.5, 0.6) is 5.75 Å². The molecule has 0 aromatic heterocycles. The van der Waals surface area contributed by atoms with E-state index in [4.69, 9.17) is 15.3 Å². The molecule has 0 aliphatic rings. The van der Waals surface area contributed by atoms with Crippen LogP contribution in [0, 0.1) is 22.7 Å². The smallest absolute Gasteiger partial charge is 0.130 e. The predicted molar refractivity (Wildman–Crippen MR) is 75.2 cm³/mol. The second kappa shape index (κ2) is 7.53. The fraction of sp³-hybridized carbons (Fsp3) is 0.125. The van der Waals surface area contributed by atoms with Gasteiger partial charge in [-0.25, -0.2) is 0 Å². The Balaban J connectivity index is 3.12. The quantitative estimate of drug-likeness (QED) is 0.574. The highest BCUT2D eigenvalue weighted by atomic mass is 16.5. The van der Waals surface area contributed by atoms with Crippen LogP contribution in [0.3, 0.4) is 0 Å². The van der Waals surface area contributed by atoms with E-state index in [1.54, 1.807) is 24.3 Å². The van der Waals surface area contributed by atoms with Gasteiger partial charge >= 0.3 is 0 Å². The molecule has 1 aromatic rings. The minimum atomic E-state index is 0.0734. The fourth-order valence-corrected chi connectivity index (χ4v) is 1.55. The Hall–Kier alpha value is -2.78. The molecule has 0 fully saturated rings. The van der Waals surface area contributed by atoms with Crippen LogP contribution in [0.15, 0.2) is 49.1 Å². The third kappa shape index (κ3) is 4.18. The Morgan fingerprint density at radius 1 is 1.21 bits per heavy atom. The van der Waals surface area contributed by atoms with Gasteiger partial charge in [-0.3, -0.25) is 0 Å². The average molecular weight is 250 g/mol. The highest BCUT2D eigenvalue weighted by Gasteiger charge is 2.04. The molecule has 0 saturated heterocycles. The molecule has 0 amide bonds. The summed E-state index contributed by atoms with van der Waals surface area (Å²) in [6.07, 6.45) is 5.65. The number of hydrogen-bond acceptors (Lipinski definition) is 3. The molecule has 1 aromatic carbocycles. The van der Waals surface area contributed by atoms with Crippen molar-refractivity contribution >= 4 is 6.08 Å². The van der Waals surface area contributed by atoms with E-state index in [0.717, 1.165) is 16.9 Å². The maximum absolute atomic E-state index is 8.74. The van der Waals surface area contributed by atoms with Gasteiger partial charge in [0.2, 0.25) is 0 Å². The topological polar surface area (TPSA) is 56.8 Å². The van der Waals surface area contributed by atoms with Crippen molar-refractivity contribution in [2.24, 2.45) is 0 Å². The largest absolute Gasteiger partial charge is 0.489 e. The van der Waals surface area contributed by atoms with Gasteiger partial charge in [-0.15, -0.1) is 6.58 Å². The Kier molecular flexibility index (Phi) is 5.66. The van der Waals surface area contributed by atoms with Crippen LogP contribution in [-0.2, 0) is 6.42 Å². The molecule has 0 saturated carbocycles. The van der Waals surface area contributed by atoms with Crippen LogP contribution < -0.4 is 4.74 Å². The third-order valence-electron chi connectivity index (χ3n) is 2.36. The third-order valence-corrected chi connectivity index (χ3v) is 2.36. The van der Waals surface area contributed by atoms with Crippen molar-refractivity contribution in [2.45, 2.75) is 6.42 Å². The van der Waals surface area contributed by atoms with E-state index in [1.807, 2.05) is 24.3 Å². The molecule has 94 valence electrons. The predicted octanol–water partition coefficient (Wildman–Crippen LogP) is 3.41. The molecule has 0 spiro atoms. The Morgan fingerprint density at radius 2 is 1.95 bits per heavy atom. The van der Waals surface area contributed by atoms with Gasteiger partial charge in [0.15, 0.2) is 0 Å². The van der Waals surface area contributed by atoms with E-state index >= 15 is 0 Å². The molecule has 0 bridgehead atoms. The Labute approximate surface area is 113 Å². The first-order valence-corrected chi connectivity index (χ1v) is 5.74. The van der Waals surface area contributed by atoms with Gasteiger partial charge in [0.25, 0.3) is 0 Å². The normalized spacial score (nSPS) is 8.74. The van der Waals surface area contributed by atoms with Crippen molar-refractivity contribution < 1.29 is 4.74 Å². The fourth-order valence-electron chi connectivity index (χ4n) is 1.55. The molecule has 3 nitrogen and oxygen atoms in total. The Bertz CT molecular complexity index is 570. The van der Waals surface area contributed by atoms with Crippen LogP contribution in [0.2, 0.25) is 0 Å². The molecule has 19 heavy (non-hydrogen) atoms. The number of ether oxygens (including phenoxy) is 1. The first kappa shape index (κ1) is 14.3. The minimum Gasteiger partial charge on any atom is -0.489 e. The summed E-state index contributed by atoms with van der Waals surface area (Å²) >= 11 is 0. The van der Waals surface area contributed by atoms with E-state index in [-0.39, 0.29) is 5.57 Å². The number of benzene rings is 1. The zero-order valence-corrected chi connectivity index (χ0v) is 10.6. The number of rotatable bonds is 6. The second-order valence-electron chi connectivity index (χ2n) is 3.74. The maximum atomic E-state index is 8.74. The Morgan fingerprint density at radius 3 is 2.53 bits per heavy atom. The van der Waals surface area contributed by atoms with Crippen molar-refractivity contribution in [3.63, 3.8) is 0 Å². The van der Waals surface area contributed by atoms with Crippen LogP contribution in [0.25, 0.3) is 6.08 Å². The van der Waals surface area contributed by atoms with Gasteiger partial charge in [-0.05, 0) is 35.8 Å². The lowest BCUT2D eigenvalue weighted by atomic mass is 10.0. The minimum absolute atomic E-state index is 0.0734. The average Bonchev–Trinajstić information content (AvgIpc) is 2.44. The van der Waals surface area contributed by atoms with Gasteiger partial charge in [-0.2, -0.15) is 10.5 Å². The zero-order chi connectivity index (χ0) is 14.1. The molecule has 0 aliphatic heterocycles. The highest BCUT2D eigenvalue weighted by Crippen LogP contribution is 2.22. The van der Waals surface area contributed by atoms with E-state index in [9.17, 15) is 0 Å². The lowest BCUT2D eigenvalue weighted by molar-refractivity contribution is 0.360. The summed E-state index contributed by atoms with van der Waals surface area (Å²) in [7, 11) is 0. The van der Waals surface area contributed by atoms with Crippen molar-refractivity contribution in [3.05, 3.63) is 60.2 Å². The van der Waals surface area contributed by atoms with Crippen LogP contribution in [-0.4, -0.2) is 6.61 Å². The van der Waals surface area contributed by atoms with Crippen molar-refractivity contribution in [2.75, 3.05) is 6.61 Å². The monoisotopic (exact) mass is 250 g/mol. The van der Waals surface area contributed by atoms with Gasteiger partial charge in [0, 0.05) is 0 Å². The van der Waals surface area contributed by atoms with Gasteiger partial charge < -0.3 is 4.74 Å². The summed E-state index contributed by atoms with van der Waals surface area (Å²) in [4.78, 5) is 0. The number of nitriles is 2. The highest BCUT2D eigenvalue weighted by molar-refractivity contribution is 5.63. The molecule has 0 atom stereocenters. The first-order chi connectivity index (χ1) is 9.24. The molecular formula is C16H14N2O. The number of nitrogens with zero attached hydrogens (tertiary/aromatic N) is 2. The second-order valence-corrected chi connectivity index (χ2v) is 3.74. The summed E-state index contributed by atoms with van der Waals surface area (Å²) < 4.78 is 5.53. The van der Waals surface area contributed by atoms with Crippen LogP contribution in [0.4, 0.5) is 0 Å². The van der Waals surface area contributed by atoms with Crippen LogP contribution in [0.1, 0.15) is 11.1 Å². The summed E-state index contributed by atoms with van der Waals surface area (Å²) in [6, 6.07) is 9.18. The van der Waals surface area contributed by atoms with Gasteiger partial charge in [0.1, 0.15) is 30.1 Å². The standard InChI is InChI=1S/C16H14N2O/c1-3-5-15-10-13(9-14(11-17)12-18)6-7-16(15)19-8-4-2/h3-4,6-7,9-10H,1-2,5,8H2. The molecule has 0 heterocycles. The van der Waals surface area contributed by atoms with Crippen molar-refractivity contribution in [1.29, 1.82) is 10.5 Å². The van der Waals surface area contributed by atoms with E-state index in [0.29, 0.717) is 13.0 Å². The van der Waals surface area contributed by atoms with E-state index in [1.165, 1.54) is 0 Å². The van der Waals surface area contributed by atoms with Crippen LogP contribution >= 0.6 is 0 Å². The molecule has 0 radical (unpaired) electrons. The summed E-state index contributed by atoms with van der Waals surface area (Å²) in [5, 5.41) is 17.5. The molecule has 0 unspecified atom stereocenters. The summed E-state index contributed by atoms with van der Waals surface area (Å²) in [5.41, 5.74) is 1.83. The molecular weight excluding hydrogens is 236 g/mol. The summed E-state index contributed by atoms with van der Waals surface area (Å²) in [5.74, 6) is 0.757. The first-order valence-electron chi connectivity index (χ1n) is 5.74. The lowest BCUT2D eigenvalue weighted by Gasteiger charge is -2.09. The van der Waals surface area contributed by atoms with Crippen molar-refractivity contribution in [1.82, 2.24) is 0 Å². The summed E-state index contributed by atoms with van der Waals surface area (Å²) in [6.45, 7) is 7.74.